The minimum atomic E-state index is -0.356. The molecule has 0 unspecified atom stereocenters. The second-order valence-electron chi connectivity index (χ2n) is 4.64. The van der Waals surface area contributed by atoms with Gasteiger partial charge in [-0.3, -0.25) is 0 Å². The summed E-state index contributed by atoms with van der Waals surface area (Å²) < 4.78 is 19.7. The van der Waals surface area contributed by atoms with Crippen molar-refractivity contribution in [2.75, 3.05) is 6.54 Å². The van der Waals surface area contributed by atoms with Crippen LogP contribution >= 0.6 is 0 Å². The van der Waals surface area contributed by atoms with Gasteiger partial charge in [0.2, 0.25) is 0 Å². The van der Waals surface area contributed by atoms with Crippen LogP contribution in [0.15, 0.2) is 36.4 Å². The van der Waals surface area contributed by atoms with Gasteiger partial charge in [-0.05, 0) is 50.1 Å². The molecule has 2 N–H and O–H groups in total. The summed E-state index contributed by atoms with van der Waals surface area (Å²) in [6.07, 6.45) is 0.595. The molecule has 0 saturated carbocycles. The third-order valence-electron chi connectivity index (χ3n) is 3.00. The van der Waals surface area contributed by atoms with Gasteiger partial charge in [-0.1, -0.05) is 29.8 Å². The Kier molecular flexibility index (Phi) is 4.17. The molecule has 0 atom stereocenters. The zero-order valence-corrected chi connectivity index (χ0v) is 11.2. The van der Waals surface area contributed by atoms with Crippen molar-refractivity contribution in [2.24, 2.45) is 5.73 Å². The molecule has 0 radical (unpaired) electrons. The van der Waals surface area contributed by atoms with E-state index in [0.717, 1.165) is 16.7 Å². The molecule has 0 fully saturated rings. The minimum Gasteiger partial charge on any atom is -0.454 e. The summed E-state index contributed by atoms with van der Waals surface area (Å²) in [5.41, 5.74) is 8.48. The summed E-state index contributed by atoms with van der Waals surface area (Å²) >= 11 is 0. The third kappa shape index (κ3) is 3.12. The first-order chi connectivity index (χ1) is 9.11. The van der Waals surface area contributed by atoms with E-state index in [-0.39, 0.29) is 11.6 Å². The van der Waals surface area contributed by atoms with Gasteiger partial charge in [0.15, 0.2) is 11.6 Å². The Morgan fingerprint density at radius 2 is 1.95 bits per heavy atom. The second kappa shape index (κ2) is 5.85. The smallest absolute Gasteiger partial charge is 0.166 e. The van der Waals surface area contributed by atoms with Crippen molar-refractivity contribution in [3.8, 4) is 11.5 Å². The summed E-state index contributed by atoms with van der Waals surface area (Å²) in [4.78, 5) is 0. The average molecular weight is 259 g/mol. The molecule has 100 valence electrons. The minimum absolute atomic E-state index is 0.278. The number of benzene rings is 2. The normalized spacial score (nSPS) is 10.5. The van der Waals surface area contributed by atoms with Crippen LogP contribution in [0.1, 0.15) is 16.7 Å². The fourth-order valence-electron chi connectivity index (χ4n) is 2.04. The van der Waals surface area contributed by atoms with Crippen LogP contribution in [0, 0.1) is 19.7 Å². The highest BCUT2D eigenvalue weighted by Gasteiger charge is 2.11. The number of aryl methyl sites for hydroxylation is 2. The lowest BCUT2D eigenvalue weighted by atomic mass is 10.1. The molecule has 0 heterocycles. The molecule has 2 nitrogen and oxygen atoms in total. The van der Waals surface area contributed by atoms with Crippen LogP contribution in [0.3, 0.4) is 0 Å². The lowest BCUT2D eigenvalue weighted by Gasteiger charge is -2.13. The van der Waals surface area contributed by atoms with Crippen LogP contribution in [0.25, 0.3) is 0 Å². The molecule has 2 rings (SSSR count). The van der Waals surface area contributed by atoms with Crippen molar-refractivity contribution in [3.63, 3.8) is 0 Å². The predicted molar refractivity (Wildman–Crippen MR) is 75.1 cm³/mol. The molecule has 0 aliphatic carbocycles. The Morgan fingerprint density at radius 3 is 2.63 bits per heavy atom. The van der Waals surface area contributed by atoms with E-state index in [1.807, 2.05) is 38.1 Å². The molecule has 0 amide bonds. The maximum Gasteiger partial charge on any atom is 0.166 e. The zero-order chi connectivity index (χ0) is 13.8. The Morgan fingerprint density at radius 1 is 1.16 bits per heavy atom. The highest BCUT2D eigenvalue weighted by Crippen LogP contribution is 2.31. The number of hydrogen-bond acceptors (Lipinski definition) is 2. The average Bonchev–Trinajstić information content (AvgIpc) is 2.36. The second-order valence-corrected chi connectivity index (χ2v) is 4.64. The summed E-state index contributed by atoms with van der Waals surface area (Å²) in [5, 5.41) is 0. The molecule has 2 aromatic carbocycles. The Balaban J connectivity index is 2.37. The number of ether oxygens (including phenoxy) is 1. The van der Waals surface area contributed by atoms with Gasteiger partial charge in [-0.2, -0.15) is 0 Å². The van der Waals surface area contributed by atoms with E-state index in [4.69, 9.17) is 10.5 Å². The van der Waals surface area contributed by atoms with Crippen molar-refractivity contribution < 1.29 is 9.13 Å². The molecule has 0 bridgehead atoms. The number of halogens is 1. The number of para-hydroxylation sites is 1. The van der Waals surface area contributed by atoms with E-state index in [1.165, 1.54) is 6.07 Å². The fourth-order valence-corrected chi connectivity index (χ4v) is 2.04. The number of hydrogen-bond donors (Lipinski definition) is 1. The maximum atomic E-state index is 13.9. The standard InChI is InChI=1S/C16H18FNO/c1-11-6-7-15(12(2)10-11)19-16-13(8-9-18)4-3-5-14(16)17/h3-7,10H,8-9,18H2,1-2H3. The van der Waals surface area contributed by atoms with E-state index >= 15 is 0 Å². The van der Waals surface area contributed by atoms with Crippen LogP contribution in [0.4, 0.5) is 4.39 Å². The summed E-state index contributed by atoms with van der Waals surface area (Å²) in [6.45, 7) is 4.43. The zero-order valence-electron chi connectivity index (χ0n) is 11.2. The molecule has 0 aliphatic rings. The summed E-state index contributed by atoms with van der Waals surface area (Å²) in [5.74, 6) is 0.597. The molecule has 2 aromatic rings. The first-order valence-electron chi connectivity index (χ1n) is 6.34. The molecule has 3 heteroatoms. The summed E-state index contributed by atoms with van der Waals surface area (Å²) in [7, 11) is 0. The van der Waals surface area contributed by atoms with Crippen molar-refractivity contribution in [1.82, 2.24) is 0 Å². The fraction of sp³-hybridized carbons (Fsp3) is 0.250. The molecule has 0 aliphatic heterocycles. The molecule has 0 saturated heterocycles. The van der Waals surface area contributed by atoms with Gasteiger partial charge in [0, 0.05) is 0 Å². The first-order valence-corrected chi connectivity index (χ1v) is 6.34. The Labute approximate surface area is 113 Å². The lowest BCUT2D eigenvalue weighted by Crippen LogP contribution is -2.05. The Bertz CT molecular complexity index is 581. The van der Waals surface area contributed by atoms with E-state index in [1.54, 1.807) is 6.07 Å². The van der Waals surface area contributed by atoms with E-state index < -0.39 is 0 Å². The van der Waals surface area contributed by atoms with Crippen molar-refractivity contribution in [1.29, 1.82) is 0 Å². The number of nitrogens with two attached hydrogens (primary N) is 1. The van der Waals surface area contributed by atoms with Gasteiger partial charge in [0.05, 0.1) is 0 Å². The van der Waals surface area contributed by atoms with Crippen LogP contribution in [0.5, 0.6) is 11.5 Å². The topological polar surface area (TPSA) is 35.2 Å². The van der Waals surface area contributed by atoms with Crippen molar-refractivity contribution >= 4 is 0 Å². The molecule has 0 aromatic heterocycles. The van der Waals surface area contributed by atoms with Gasteiger partial charge in [0.1, 0.15) is 5.75 Å². The van der Waals surface area contributed by atoms with Crippen LogP contribution in [-0.4, -0.2) is 6.54 Å². The van der Waals surface area contributed by atoms with Crippen molar-refractivity contribution in [2.45, 2.75) is 20.3 Å². The van der Waals surface area contributed by atoms with Gasteiger partial charge in [0.25, 0.3) is 0 Å². The largest absolute Gasteiger partial charge is 0.454 e. The van der Waals surface area contributed by atoms with Gasteiger partial charge >= 0.3 is 0 Å². The molecular weight excluding hydrogens is 241 g/mol. The molecule has 19 heavy (non-hydrogen) atoms. The van der Waals surface area contributed by atoms with E-state index in [0.29, 0.717) is 18.7 Å². The van der Waals surface area contributed by atoms with Crippen LogP contribution in [-0.2, 0) is 6.42 Å². The van der Waals surface area contributed by atoms with Gasteiger partial charge in [-0.25, -0.2) is 4.39 Å². The first kappa shape index (κ1) is 13.6. The predicted octanol–water partition coefficient (Wildman–Crippen LogP) is 3.74. The van der Waals surface area contributed by atoms with Gasteiger partial charge in [-0.15, -0.1) is 0 Å². The molecular formula is C16H18FNO. The maximum absolute atomic E-state index is 13.9. The molecule has 0 spiro atoms. The third-order valence-corrected chi connectivity index (χ3v) is 3.00. The quantitative estimate of drug-likeness (QED) is 0.907. The highest BCUT2D eigenvalue weighted by molar-refractivity contribution is 5.43. The number of rotatable bonds is 4. The van der Waals surface area contributed by atoms with Crippen LogP contribution in [0.2, 0.25) is 0 Å². The summed E-state index contributed by atoms with van der Waals surface area (Å²) in [6, 6.07) is 10.7. The van der Waals surface area contributed by atoms with Gasteiger partial charge < -0.3 is 10.5 Å². The Hall–Kier alpha value is -1.87. The monoisotopic (exact) mass is 259 g/mol. The van der Waals surface area contributed by atoms with Crippen LogP contribution < -0.4 is 10.5 Å². The van der Waals surface area contributed by atoms with E-state index in [2.05, 4.69) is 0 Å². The van der Waals surface area contributed by atoms with E-state index in [9.17, 15) is 4.39 Å². The highest BCUT2D eigenvalue weighted by atomic mass is 19.1. The van der Waals surface area contributed by atoms with Crippen molar-refractivity contribution in [3.05, 3.63) is 58.9 Å². The SMILES string of the molecule is Cc1ccc(Oc2c(F)cccc2CCN)c(C)c1. The lowest BCUT2D eigenvalue weighted by molar-refractivity contribution is 0.433.